The van der Waals surface area contributed by atoms with Gasteiger partial charge in [0.05, 0.1) is 18.6 Å². The largest absolute Gasteiger partial charge is 0.495 e. The van der Waals surface area contributed by atoms with E-state index in [1.165, 1.54) is 36.5 Å². The SMILES string of the molecule is CCS(=O)(=O)Nc1ccc(S(=O)(=O)N2CCC(NC)CC2)c(OC)c1. The molecule has 8 nitrogen and oxygen atoms in total. The van der Waals surface area contributed by atoms with Crippen molar-refractivity contribution in [2.75, 3.05) is 37.7 Å². The summed E-state index contributed by atoms with van der Waals surface area (Å²) in [6, 6.07) is 4.52. The number of methoxy groups -OCH3 is 1. The number of piperidine rings is 1. The van der Waals surface area contributed by atoms with Gasteiger partial charge in [-0.05, 0) is 38.9 Å². The molecule has 0 aromatic heterocycles. The Kier molecular flexibility index (Phi) is 6.30. The summed E-state index contributed by atoms with van der Waals surface area (Å²) in [5.74, 6) is 0.0440. The molecule has 0 bridgehead atoms. The molecule has 0 saturated carbocycles. The number of nitrogens with one attached hydrogen (secondary N) is 2. The second-order valence-corrected chi connectivity index (χ2v) is 9.76. The van der Waals surface area contributed by atoms with Gasteiger partial charge in [0.25, 0.3) is 0 Å². The smallest absolute Gasteiger partial charge is 0.246 e. The number of nitrogens with zero attached hydrogens (tertiary/aromatic N) is 1. The topological polar surface area (TPSA) is 105 Å². The normalized spacial score (nSPS) is 17.4. The van der Waals surface area contributed by atoms with Crippen LogP contribution in [0.4, 0.5) is 5.69 Å². The van der Waals surface area contributed by atoms with Crippen LogP contribution in [0.1, 0.15) is 19.8 Å². The molecule has 0 aliphatic carbocycles. The minimum atomic E-state index is -3.70. The maximum Gasteiger partial charge on any atom is 0.246 e. The van der Waals surface area contributed by atoms with E-state index in [0.717, 1.165) is 12.8 Å². The van der Waals surface area contributed by atoms with Gasteiger partial charge in [0.15, 0.2) is 0 Å². The van der Waals surface area contributed by atoms with Crippen molar-refractivity contribution in [1.29, 1.82) is 0 Å². The van der Waals surface area contributed by atoms with Gasteiger partial charge in [0, 0.05) is 25.2 Å². The lowest BCUT2D eigenvalue weighted by atomic mass is 10.1. The molecule has 1 aliphatic heterocycles. The van der Waals surface area contributed by atoms with Gasteiger partial charge >= 0.3 is 0 Å². The lowest BCUT2D eigenvalue weighted by molar-refractivity contribution is 0.297. The summed E-state index contributed by atoms with van der Waals surface area (Å²) in [6.07, 6.45) is 1.48. The Morgan fingerprint density at radius 2 is 1.84 bits per heavy atom. The molecule has 1 fully saturated rings. The van der Waals surface area contributed by atoms with Crippen LogP contribution in [0.5, 0.6) is 5.75 Å². The predicted octanol–water partition coefficient (Wildman–Crippen LogP) is 0.829. The fraction of sp³-hybridized carbons (Fsp3) is 0.600. The molecule has 0 radical (unpaired) electrons. The highest BCUT2D eigenvalue weighted by Crippen LogP contribution is 2.31. The van der Waals surface area contributed by atoms with Crippen LogP contribution in [0.3, 0.4) is 0 Å². The molecule has 2 N–H and O–H groups in total. The molecular formula is C15H25N3O5S2. The van der Waals surface area contributed by atoms with Crippen molar-refractivity contribution in [3.05, 3.63) is 18.2 Å². The lowest BCUT2D eigenvalue weighted by Crippen LogP contribution is -2.43. The monoisotopic (exact) mass is 391 g/mol. The van der Waals surface area contributed by atoms with E-state index in [1.807, 2.05) is 7.05 Å². The van der Waals surface area contributed by atoms with Crippen LogP contribution in [0.15, 0.2) is 23.1 Å². The molecule has 1 aliphatic rings. The van der Waals surface area contributed by atoms with E-state index in [-0.39, 0.29) is 22.1 Å². The zero-order valence-corrected chi connectivity index (χ0v) is 16.3. The first-order chi connectivity index (χ1) is 11.7. The molecule has 10 heteroatoms. The molecular weight excluding hydrogens is 366 g/mol. The van der Waals surface area contributed by atoms with Crippen molar-refractivity contribution in [3.8, 4) is 5.75 Å². The van der Waals surface area contributed by atoms with Crippen LogP contribution in [-0.2, 0) is 20.0 Å². The van der Waals surface area contributed by atoms with Crippen LogP contribution in [0, 0.1) is 0 Å². The highest BCUT2D eigenvalue weighted by molar-refractivity contribution is 7.92. The van der Waals surface area contributed by atoms with E-state index >= 15 is 0 Å². The van der Waals surface area contributed by atoms with Gasteiger partial charge in [-0.3, -0.25) is 4.72 Å². The molecule has 142 valence electrons. The maximum atomic E-state index is 12.9. The third-order valence-corrected chi connectivity index (χ3v) is 7.54. The minimum Gasteiger partial charge on any atom is -0.495 e. The van der Waals surface area contributed by atoms with E-state index in [2.05, 4.69) is 10.0 Å². The zero-order valence-electron chi connectivity index (χ0n) is 14.6. The highest BCUT2D eigenvalue weighted by atomic mass is 32.2. The first-order valence-electron chi connectivity index (χ1n) is 8.09. The van der Waals surface area contributed by atoms with Gasteiger partial charge in [-0.15, -0.1) is 0 Å². The quantitative estimate of drug-likeness (QED) is 0.713. The third kappa shape index (κ3) is 4.63. The third-order valence-electron chi connectivity index (χ3n) is 4.30. The molecule has 0 unspecified atom stereocenters. The standard InChI is InChI=1S/C15H25N3O5S2/c1-4-24(19,20)17-13-5-6-15(14(11-13)23-3)25(21,22)18-9-7-12(16-2)8-10-18/h5-6,11-12,16-17H,4,7-10H2,1-3H3. The summed E-state index contributed by atoms with van der Waals surface area (Å²) >= 11 is 0. The fourth-order valence-corrected chi connectivity index (χ4v) is 4.96. The van der Waals surface area contributed by atoms with E-state index < -0.39 is 20.0 Å². The average molecular weight is 392 g/mol. The molecule has 0 spiro atoms. The second kappa shape index (κ2) is 7.90. The van der Waals surface area contributed by atoms with Gasteiger partial charge in [-0.1, -0.05) is 0 Å². The molecule has 0 amide bonds. The number of ether oxygens (including phenoxy) is 1. The second-order valence-electron chi connectivity index (χ2n) is 5.84. The fourth-order valence-electron chi connectivity index (χ4n) is 2.72. The van der Waals surface area contributed by atoms with Gasteiger partial charge in [0.1, 0.15) is 10.6 Å². The van der Waals surface area contributed by atoms with Crippen LogP contribution < -0.4 is 14.8 Å². The van der Waals surface area contributed by atoms with Crippen molar-refractivity contribution < 1.29 is 21.6 Å². The van der Waals surface area contributed by atoms with Crippen molar-refractivity contribution in [2.24, 2.45) is 0 Å². The number of sulfonamides is 2. The average Bonchev–Trinajstić information content (AvgIpc) is 2.61. The predicted molar refractivity (Wildman–Crippen MR) is 96.9 cm³/mol. The van der Waals surface area contributed by atoms with Gasteiger partial charge in [0.2, 0.25) is 20.0 Å². The zero-order chi connectivity index (χ0) is 18.7. The Balaban J connectivity index is 2.29. The van der Waals surface area contributed by atoms with Crippen molar-refractivity contribution in [3.63, 3.8) is 0 Å². The van der Waals surface area contributed by atoms with Gasteiger partial charge < -0.3 is 10.1 Å². The Morgan fingerprint density at radius 1 is 1.20 bits per heavy atom. The summed E-state index contributed by atoms with van der Waals surface area (Å²) < 4.78 is 58.2. The summed E-state index contributed by atoms with van der Waals surface area (Å²) in [4.78, 5) is 0.0392. The number of rotatable bonds is 7. The number of benzene rings is 1. The first-order valence-corrected chi connectivity index (χ1v) is 11.2. The Morgan fingerprint density at radius 3 is 2.36 bits per heavy atom. The maximum absolute atomic E-state index is 12.9. The minimum absolute atomic E-state index is 0.0392. The van der Waals surface area contributed by atoms with E-state index in [1.54, 1.807) is 0 Å². The molecule has 1 heterocycles. The molecule has 2 rings (SSSR count). The summed E-state index contributed by atoms with van der Waals surface area (Å²) in [5.41, 5.74) is 0.270. The van der Waals surface area contributed by atoms with E-state index in [4.69, 9.17) is 4.74 Å². The van der Waals surface area contributed by atoms with E-state index in [9.17, 15) is 16.8 Å². The number of hydrogen-bond acceptors (Lipinski definition) is 6. The number of hydrogen-bond donors (Lipinski definition) is 2. The van der Waals surface area contributed by atoms with Crippen molar-refractivity contribution in [2.45, 2.75) is 30.7 Å². The van der Waals surface area contributed by atoms with Gasteiger partial charge in [-0.25, -0.2) is 16.8 Å². The number of anilines is 1. The highest BCUT2D eigenvalue weighted by Gasteiger charge is 2.31. The molecule has 1 aromatic carbocycles. The molecule has 1 saturated heterocycles. The Labute approximate surface area is 149 Å². The van der Waals surface area contributed by atoms with Gasteiger partial charge in [-0.2, -0.15) is 4.31 Å². The van der Waals surface area contributed by atoms with Crippen LogP contribution >= 0.6 is 0 Å². The van der Waals surface area contributed by atoms with Crippen LogP contribution in [0.2, 0.25) is 0 Å². The molecule has 25 heavy (non-hydrogen) atoms. The molecule has 0 atom stereocenters. The van der Waals surface area contributed by atoms with E-state index in [0.29, 0.717) is 19.1 Å². The first kappa shape index (κ1) is 20.0. The Bertz CT molecular complexity index is 800. The van der Waals surface area contributed by atoms with Crippen LogP contribution in [-0.4, -0.2) is 60.2 Å². The lowest BCUT2D eigenvalue weighted by Gasteiger charge is -2.31. The summed E-state index contributed by atoms with van der Waals surface area (Å²) in [6.45, 7) is 2.38. The summed E-state index contributed by atoms with van der Waals surface area (Å²) in [7, 11) is -3.92. The summed E-state index contributed by atoms with van der Waals surface area (Å²) in [5, 5.41) is 3.16. The Hall–Kier alpha value is -1.36. The molecule has 1 aromatic rings. The van der Waals surface area contributed by atoms with Crippen LogP contribution in [0.25, 0.3) is 0 Å². The van der Waals surface area contributed by atoms with Crippen molar-refractivity contribution >= 4 is 25.7 Å². The van der Waals surface area contributed by atoms with Crippen molar-refractivity contribution in [1.82, 2.24) is 9.62 Å².